The van der Waals surface area contributed by atoms with Crippen LogP contribution in [0.5, 0.6) is 0 Å². The lowest BCUT2D eigenvalue weighted by atomic mass is 10.3. The molecular weight excluding hydrogens is 373 g/mol. The molecule has 0 spiro atoms. The van der Waals surface area contributed by atoms with Gasteiger partial charge in [0.15, 0.2) is 0 Å². The van der Waals surface area contributed by atoms with E-state index in [1.165, 1.54) is 17.7 Å². The first-order valence-corrected chi connectivity index (χ1v) is 8.49. The predicted molar refractivity (Wildman–Crippen MR) is 100 cm³/mol. The number of carbonyl (C=O) groups is 2. The van der Waals surface area contributed by atoms with Crippen molar-refractivity contribution in [3.8, 4) is 0 Å². The van der Waals surface area contributed by atoms with Crippen LogP contribution in [0.3, 0.4) is 0 Å². The van der Waals surface area contributed by atoms with Crippen molar-refractivity contribution >= 4 is 53.1 Å². The van der Waals surface area contributed by atoms with E-state index in [0.717, 1.165) is 6.54 Å². The van der Waals surface area contributed by atoms with Gasteiger partial charge in [0.05, 0.1) is 28.8 Å². The molecule has 0 saturated heterocycles. The Morgan fingerprint density at radius 2 is 1.88 bits per heavy atom. The zero-order valence-electron chi connectivity index (χ0n) is 13.5. The molecule has 0 heterocycles. The normalized spacial score (nSPS) is 13.1. The van der Waals surface area contributed by atoms with E-state index >= 15 is 0 Å². The summed E-state index contributed by atoms with van der Waals surface area (Å²) in [5, 5.41) is 6.54. The lowest BCUT2D eigenvalue weighted by molar-refractivity contribution is -0.133. The highest BCUT2D eigenvalue weighted by atomic mass is 35.5. The summed E-state index contributed by atoms with van der Waals surface area (Å²) in [7, 11) is 0. The number of nitrogens with zero attached hydrogens (tertiary/aromatic N) is 1. The minimum atomic E-state index is -0.322. The minimum absolute atomic E-state index is 0. The van der Waals surface area contributed by atoms with E-state index in [1.54, 1.807) is 18.2 Å². The van der Waals surface area contributed by atoms with Gasteiger partial charge < -0.3 is 15.5 Å². The Morgan fingerprint density at radius 3 is 2.42 bits per heavy atom. The maximum Gasteiger partial charge on any atom is 0.244 e. The summed E-state index contributed by atoms with van der Waals surface area (Å²) >= 11 is 12.0. The molecular formula is C16H22Cl3N3O2. The van der Waals surface area contributed by atoms with E-state index in [-0.39, 0.29) is 37.3 Å². The molecule has 134 valence electrons. The minimum Gasteiger partial charge on any atom is -0.333 e. The summed E-state index contributed by atoms with van der Waals surface area (Å²) in [6.07, 6.45) is 2.47. The van der Waals surface area contributed by atoms with Gasteiger partial charge in [0.1, 0.15) is 0 Å². The van der Waals surface area contributed by atoms with Crippen LogP contribution in [0.1, 0.15) is 19.8 Å². The molecule has 2 rings (SSSR count). The van der Waals surface area contributed by atoms with Gasteiger partial charge in [-0.3, -0.25) is 9.59 Å². The third-order valence-electron chi connectivity index (χ3n) is 3.70. The Kier molecular flexibility index (Phi) is 8.84. The number of hydrogen-bond donors (Lipinski definition) is 2. The van der Waals surface area contributed by atoms with Crippen molar-refractivity contribution in [1.82, 2.24) is 10.2 Å². The average molecular weight is 395 g/mol. The zero-order valence-corrected chi connectivity index (χ0v) is 15.8. The number of likely N-dealkylation sites (N-methyl/N-ethyl adjacent to an activating group) is 1. The molecule has 1 aromatic rings. The fourth-order valence-corrected chi connectivity index (χ4v) is 2.65. The number of benzene rings is 1. The number of nitrogens with one attached hydrogen (secondary N) is 2. The highest BCUT2D eigenvalue weighted by Gasteiger charge is 2.22. The molecule has 0 radical (unpaired) electrons. The highest BCUT2D eigenvalue weighted by molar-refractivity contribution is 6.39. The standard InChI is InChI=1S/C16H21Cl2N3O2.ClH/c1-2-21(15(23)9-19-8-11-6-7-11)10-14(22)20-16-12(17)4-3-5-13(16)18;/h3-5,11,19H,2,6-10H2,1H3,(H,20,22);1H. The van der Waals surface area contributed by atoms with Crippen molar-refractivity contribution in [3.63, 3.8) is 0 Å². The summed E-state index contributed by atoms with van der Waals surface area (Å²) in [4.78, 5) is 25.8. The number of para-hydroxylation sites is 1. The van der Waals surface area contributed by atoms with Crippen LogP contribution in [-0.2, 0) is 9.59 Å². The quantitative estimate of drug-likeness (QED) is 0.712. The largest absolute Gasteiger partial charge is 0.333 e. The zero-order chi connectivity index (χ0) is 16.8. The van der Waals surface area contributed by atoms with E-state index in [1.807, 2.05) is 6.92 Å². The van der Waals surface area contributed by atoms with Gasteiger partial charge in [-0.15, -0.1) is 12.4 Å². The molecule has 0 atom stereocenters. The first-order valence-electron chi connectivity index (χ1n) is 7.73. The van der Waals surface area contributed by atoms with E-state index in [4.69, 9.17) is 23.2 Å². The number of amides is 2. The molecule has 0 aromatic heterocycles. The van der Waals surface area contributed by atoms with Crippen molar-refractivity contribution in [2.45, 2.75) is 19.8 Å². The monoisotopic (exact) mass is 393 g/mol. The molecule has 1 aliphatic carbocycles. The van der Waals surface area contributed by atoms with Gasteiger partial charge in [0, 0.05) is 6.54 Å². The van der Waals surface area contributed by atoms with Crippen molar-refractivity contribution in [2.75, 3.05) is 31.5 Å². The third kappa shape index (κ3) is 6.48. The third-order valence-corrected chi connectivity index (χ3v) is 4.33. The average Bonchev–Trinajstić information content (AvgIpc) is 3.33. The molecule has 24 heavy (non-hydrogen) atoms. The molecule has 0 aliphatic heterocycles. The number of rotatable bonds is 8. The summed E-state index contributed by atoms with van der Waals surface area (Å²) < 4.78 is 0. The smallest absolute Gasteiger partial charge is 0.244 e. The topological polar surface area (TPSA) is 61.4 Å². The van der Waals surface area contributed by atoms with E-state index in [9.17, 15) is 9.59 Å². The summed E-state index contributed by atoms with van der Waals surface area (Å²) in [6, 6.07) is 4.99. The molecule has 0 bridgehead atoms. The molecule has 1 saturated carbocycles. The Morgan fingerprint density at radius 1 is 1.25 bits per heavy atom. The van der Waals surface area contributed by atoms with Gasteiger partial charge in [0.2, 0.25) is 11.8 Å². The van der Waals surface area contributed by atoms with Crippen LogP contribution in [0.4, 0.5) is 5.69 Å². The number of hydrogen-bond acceptors (Lipinski definition) is 3. The summed E-state index contributed by atoms with van der Waals surface area (Å²) in [5.41, 5.74) is 0.371. The van der Waals surface area contributed by atoms with Crippen LogP contribution >= 0.6 is 35.6 Å². The molecule has 1 aliphatic rings. The molecule has 1 fully saturated rings. The van der Waals surface area contributed by atoms with Crippen LogP contribution < -0.4 is 10.6 Å². The van der Waals surface area contributed by atoms with E-state index < -0.39 is 0 Å². The van der Waals surface area contributed by atoms with Crippen molar-refractivity contribution < 1.29 is 9.59 Å². The van der Waals surface area contributed by atoms with Crippen molar-refractivity contribution in [1.29, 1.82) is 0 Å². The number of halogens is 3. The van der Waals surface area contributed by atoms with Crippen LogP contribution in [0.2, 0.25) is 10.0 Å². The maximum absolute atomic E-state index is 12.1. The number of anilines is 1. The fraction of sp³-hybridized carbons (Fsp3) is 0.500. The number of carbonyl (C=O) groups excluding carboxylic acids is 2. The SMILES string of the molecule is CCN(CC(=O)Nc1c(Cl)cccc1Cl)C(=O)CNCC1CC1.Cl. The fourth-order valence-electron chi connectivity index (χ4n) is 2.16. The lowest BCUT2D eigenvalue weighted by Crippen LogP contribution is -2.42. The lowest BCUT2D eigenvalue weighted by Gasteiger charge is -2.21. The molecule has 2 amide bonds. The van der Waals surface area contributed by atoms with Crippen LogP contribution in [0.25, 0.3) is 0 Å². The Hall–Kier alpha value is -1.01. The molecule has 1 aromatic carbocycles. The van der Waals surface area contributed by atoms with Crippen LogP contribution in [0, 0.1) is 5.92 Å². The van der Waals surface area contributed by atoms with E-state index in [0.29, 0.717) is 28.2 Å². The van der Waals surface area contributed by atoms with E-state index in [2.05, 4.69) is 10.6 Å². The van der Waals surface area contributed by atoms with Crippen LogP contribution in [-0.4, -0.2) is 42.9 Å². The van der Waals surface area contributed by atoms with Gasteiger partial charge in [-0.2, -0.15) is 0 Å². The predicted octanol–water partition coefficient (Wildman–Crippen LogP) is 3.20. The summed E-state index contributed by atoms with van der Waals surface area (Å²) in [6.45, 7) is 3.40. The first kappa shape index (κ1) is 21.0. The molecule has 8 heteroatoms. The molecule has 0 unspecified atom stereocenters. The van der Waals surface area contributed by atoms with Gasteiger partial charge in [-0.05, 0) is 44.4 Å². The van der Waals surface area contributed by atoms with Crippen LogP contribution in [0.15, 0.2) is 18.2 Å². The first-order chi connectivity index (χ1) is 11.0. The highest BCUT2D eigenvalue weighted by Crippen LogP contribution is 2.29. The molecule has 2 N–H and O–H groups in total. The van der Waals surface area contributed by atoms with Gasteiger partial charge in [0.25, 0.3) is 0 Å². The Labute approximate surface area is 158 Å². The van der Waals surface area contributed by atoms with Gasteiger partial charge in [-0.1, -0.05) is 29.3 Å². The second-order valence-electron chi connectivity index (χ2n) is 5.63. The Bertz CT molecular complexity index is 559. The second kappa shape index (κ2) is 10.1. The van der Waals surface area contributed by atoms with Crippen molar-refractivity contribution in [3.05, 3.63) is 28.2 Å². The van der Waals surface area contributed by atoms with Gasteiger partial charge in [-0.25, -0.2) is 0 Å². The Balaban J connectivity index is 0.00000288. The van der Waals surface area contributed by atoms with Gasteiger partial charge >= 0.3 is 0 Å². The second-order valence-corrected chi connectivity index (χ2v) is 6.44. The van der Waals surface area contributed by atoms with Crippen molar-refractivity contribution in [2.24, 2.45) is 5.92 Å². The summed E-state index contributed by atoms with van der Waals surface area (Å²) in [5.74, 6) is 0.300. The molecule has 5 nitrogen and oxygen atoms in total. The maximum atomic E-state index is 12.1.